The van der Waals surface area contributed by atoms with Crippen molar-refractivity contribution in [1.82, 2.24) is 5.32 Å². The monoisotopic (exact) mass is 288 g/mol. The lowest BCUT2D eigenvalue weighted by atomic mass is 9.67. The molecule has 0 bridgehead atoms. The summed E-state index contributed by atoms with van der Waals surface area (Å²) in [6, 6.07) is 9.26. The van der Waals surface area contributed by atoms with Crippen molar-refractivity contribution in [3.8, 4) is 0 Å². The molecule has 0 radical (unpaired) electrons. The first-order chi connectivity index (χ1) is 10.1. The first kappa shape index (κ1) is 14.9. The molecule has 3 unspecified atom stereocenters. The van der Waals surface area contributed by atoms with E-state index in [2.05, 4.69) is 48.6 Å². The van der Waals surface area contributed by atoms with Gasteiger partial charge in [-0.05, 0) is 49.9 Å². The summed E-state index contributed by atoms with van der Waals surface area (Å²) in [6.07, 6.45) is 6.58. The van der Waals surface area contributed by atoms with Crippen molar-refractivity contribution in [3.05, 3.63) is 29.8 Å². The number of hydrogen-bond acceptors (Lipinski definition) is 3. The molecule has 116 valence electrons. The number of fused-ring (bicyclic) bond motifs is 1. The Hall–Kier alpha value is -1.06. The molecular weight excluding hydrogens is 260 g/mol. The average molecular weight is 288 g/mol. The third-order valence-electron chi connectivity index (χ3n) is 5.42. The van der Waals surface area contributed by atoms with Crippen LogP contribution in [0, 0.1) is 5.92 Å². The van der Waals surface area contributed by atoms with Gasteiger partial charge in [-0.1, -0.05) is 25.0 Å². The molecule has 1 aliphatic heterocycles. The Labute approximate surface area is 128 Å². The van der Waals surface area contributed by atoms with E-state index in [0.717, 1.165) is 25.8 Å². The van der Waals surface area contributed by atoms with E-state index in [1.165, 1.54) is 30.5 Å². The molecule has 1 heterocycles. The molecule has 21 heavy (non-hydrogen) atoms. The number of hydrogen-bond donors (Lipinski definition) is 2. The van der Waals surface area contributed by atoms with Crippen LogP contribution in [-0.2, 0) is 6.42 Å². The highest BCUT2D eigenvalue weighted by Gasteiger charge is 2.45. The van der Waals surface area contributed by atoms with Gasteiger partial charge >= 0.3 is 0 Å². The highest BCUT2D eigenvalue weighted by Crippen LogP contribution is 2.41. The minimum atomic E-state index is -0.405. The third kappa shape index (κ3) is 3.09. The second-order valence-corrected chi connectivity index (χ2v) is 7.03. The van der Waals surface area contributed by atoms with Crippen LogP contribution in [0.15, 0.2) is 24.3 Å². The first-order valence-corrected chi connectivity index (χ1v) is 8.30. The fourth-order valence-electron chi connectivity index (χ4n) is 4.15. The summed E-state index contributed by atoms with van der Waals surface area (Å²) in [5.41, 5.74) is 2.20. The molecule has 0 aromatic heterocycles. The Balaban J connectivity index is 1.71. The van der Waals surface area contributed by atoms with Crippen LogP contribution in [0.5, 0.6) is 0 Å². The zero-order chi connectivity index (χ0) is 14.9. The second-order valence-electron chi connectivity index (χ2n) is 7.03. The van der Waals surface area contributed by atoms with Crippen molar-refractivity contribution in [2.75, 3.05) is 25.5 Å². The van der Waals surface area contributed by atoms with Gasteiger partial charge < -0.3 is 15.3 Å². The number of piperidine rings is 1. The van der Waals surface area contributed by atoms with Crippen LogP contribution < -0.4 is 10.2 Å². The summed E-state index contributed by atoms with van der Waals surface area (Å²) in [6.45, 7) is 0.952. The standard InChI is InChI=1S/C18H28N2O/c1-20(2)15-8-6-14(7-9-15)13-17-16-5-3-4-10-18(16,21)11-12-19-17/h6-9,16-17,19,21H,3-5,10-13H2,1-2H3. The zero-order valence-electron chi connectivity index (χ0n) is 13.3. The van der Waals surface area contributed by atoms with Gasteiger partial charge in [0, 0.05) is 31.7 Å². The molecule has 1 saturated carbocycles. The van der Waals surface area contributed by atoms with E-state index in [1.54, 1.807) is 0 Å². The Morgan fingerprint density at radius 3 is 2.67 bits per heavy atom. The van der Waals surface area contributed by atoms with E-state index in [-0.39, 0.29) is 0 Å². The topological polar surface area (TPSA) is 35.5 Å². The Morgan fingerprint density at radius 2 is 1.95 bits per heavy atom. The Morgan fingerprint density at radius 1 is 1.19 bits per heavy atom. The largest absolute Gasteiger partial charge is 0.389 e. The highest BCUT2D eigenvalue weighted by molar-refractivity contribution is 5.46. The van der Waals surface area contributed by atoms with Gasteiger partial charge in [0.25, 0.3) is 0 Å². The van der Waals surface area contributed by atoms with Crippen LogP contribution >= 0.6 is 0 Å². The molecule has 0 spiro atoms. The van der Waals surface area contributed by atoms with Crippen LogP contribution in [0.2, 0.25) is 0 Å². The van der Waals surface area contributed by atoms with Gasteiger partial charge in [0.2, 0.25) is 0 Å². The van der Waals surface area contributed by atoms with E-state index < -0.39 is 5.60 Å². The number of anilines is 1. The van der Waals surface area contributed by atoms with Gasteiger partial charge in [-0.3, -0.25) is 0 Å². The molecule has 2 fully saturated rings. The molecule has 1 saturated heterocycles. The van der Waals surface area contributed by atoms with Crippen molar-refractivity contribution in [2.45, 2.75) is 50.2 Å². The van der Waals surface area contributed by atoms with E-state index in [4.69, 9.17) is 0 Å². The predicted octanol–water partition coefficient (Wildman–Crippen LogP) is 2.58. The fraction of sp³-hybridized carbons (Fsp3) is 0.667. The summed E-state index contributed by atoms with van der Waals surface area (Å²) in [7, 11) is 4.14. The van der Waals surface area contributed by atoms with E-state index >= 15 is 0 Å². The van der Waals surface area contributed by atoms with Crippen LogP contribution in [0.25, 0.3) is 0 Å². The molecule has 3 heteroatoms. The van der Waals surface area contributed by atoms with E-state index in [0.29, 0.717) is 12.0 Å². The van der Waals surface area contributed by atoms with Gasteiger partial charge in [-0.25, -0.2) is 0 Å². The molecule has 2 aliphatic rings. The number of rotatable bonds is 3. The lowest BCUT2D eigenvalue weighted by Crippen LogP contribution is -2.58. The summed E-state index contributed by atoms with van der Waals surface area (Å²) < 4.78 is 0. The molecule has 3 rings (SSSR count). The van der Waals surface area contributed by atoms with Crippen molar-refractivity contribution in [3.63, 3.8) is 0 Å². The van der Waals surface area contributed by atoms with Crippen LogP contribution in [-0.4, -0.2) is 37.4 Å². The summed E-state index contributed by atoms with van der Waals surface area (Å²) in [5.74, 6) is 0.425. The van der Waals surface area contributed by atoms with Gasteiger partial charge in [0.15, 0.2) is 0 Å². The van der Waals surface area contributed by atoms with Crippen molar-refractivity contribution >= 4 is 5.69 Å². The van der Waals surface area contributed by atoms with E-state index in [1.807, 2.05) is 0 Å². The maximum atomic E-state index is 10.9. The quantitative estimate of drug-likeness (QED) is 0.897. The van der Waals surface area contributed by atoms with Crippen molar-refractivity contribution < 1.29 is 5.11 Å². The first-order valence-electron chi connectivity index (χ1n) is 8.30. The minimum absolute atomic E-state index is 0.405. The number of aliphatic hydroxyl groups is 1. The van der Waals surface area contributed by atoms with Crippen LogP contribution in [0.1, 0.15) is 37.7 Å². The molecule has 3 atom stereocenters. The SMILES string of the molecule is CN(C)c1ccc(CC2NCCC3(O)CCCCC23)cc1. The lowest BCUT2D eigenvalue weighted by molar-refractivity contribution is -0.0850. The zero-order valence-corrected chi connectivity index (χ0v) is 13.3. The molecule has 1 aromatic rings. The normalized spacial score (nSPS) is 32.5. The highest BCUT2D eigenvalue weighted by atomic mass is 16.3. The van der Waals surface area contributed by atoms with E-state index in [9.17, 15) is 5.11 Å². The minimum Gasteiger partial charge on any atom is -0.389 e. The average Bonchev–Trinajstić information content (AvgIpc) is 2.47. The Kier molecular flexibility index (Phi) is 4.23. The number of nitrogens with zero attached hydrogens (tertiary/aromatic N) is 1. The number of benzene rings is 1. The molecule has 1 aliphatic carbocycles. The molecule has 2 N–H and O–H groups in total. The molecule has 1 aromatic carbocycles. The molecular formula is C18H28N2O. The Bertz CT molecular complexity index is 467. The van der Waals surface area contributed by atoms with Crippen molar-refractivity contribution in [1.29, 1.82) is 0 Å². The fourth-order valence-corrected chi connectivity index (χ4v) is 4.15. The predicted molar refractivity (Wildman–Crippen MR) is 87.8 cm³/mol. The smallest absolute Gasteiger partial charge is 0.0702 e. The van der Waals surface area contributed by atoms with Gasteiger partial charge in [-0.2, -0.15) is 0 Å². The third-order valence-corrected chi connectivity index (χ3v) is 5.42. The van der Waals surface area contributed by atoms with Gasteiger partial charge in [0.1, 0.15) is 0 Å². The van der Waals surface area contributed by atoms with Gasteiger partial charge in [-0.15, -0.1) is 0 Å². The number of nitrogens with one attached hydrogen (secondary N) is 1. The van der Waals surface area contributed by atoms with Gasteiger partial charge in [0.05, 0.1) is 5.60 Å². The summed E-state index contributed by atoms with van der Waals surface area (Å²) in [4.78, 5) is 2.13. The second kappa shape index (κ2) is 5.98. The molecule has 3 nitrogen and oxygen atoms in total. The van der Waals surface area contributed by atoms with Crippen LogP contribution in [0.3, 0.4) is 0 Å². The maximum absolute atomic E-state index is 10.9. The summed E-state index contributed by atoms with van der Waals surface area (Å²) >= 11 is 0. The summed E-state index contributed by atoms with van der Waals surface area (Å²) in [5, 5.41) is 14.6. The van der Waals surface area contributed by atoms with Crippen LogP contribution in [0.4, 0.5) is 5.69 Å². The lowest BCUT2D eigenvalue weighted by Gasteiger charge is -2.48. The van der Waals surface area contributed by atoms with Crippen molar-refractivity contribution in [2.24, 2.45) is 5.92 Å². The maximum Gasteiger partial charge on any atom is 0.0702 e. The molecule has 0 amide bonds.